The number of nitrogens with one attached hydrogen (secondary N) is 2. The van der Waals surface area contributed by atoms with Crippen LogP contribution in [0, 0.1) is 6.92 Å². The average Bonchev–Trinajstić information content (AvgIpc) is 2.48. The van der Waals surface area contributed by atoms with Crippen LogP contribution in [0.5, 0.6) is 5.75 Å². The summed E-state index contributed by atoms with van der Waals surface area (Å²) in [5.41, 5.74) is 2.39. The van der Waals surface area contributed by atoms with Crippen molar-refractivity contribution in [3.8, 4) is 5.75 Å². The van der Waals surface area contributed by atoms with Crippen LogP contribution in [0.15, 0.2) is 23.2 Å². The van der Waals surface area contributed by atoms with Gasteiger partial charge in [0, 0.05) is 26.7 Å². The van der Waals surface area contributed by atoms with Gasteiger partial charge in [0.2, 0.25) is 0 Å². The SMILES string of the molecule is CN=C(NCCc1ccc(C)c(OC)c1)NC(C)COC. The first-order valence-electron chi connectivity index (χ1n) is 7.20. The summed E-state index contributed by atoms with van der Waals surface area (Å²) >= 11 is 0. The van der Waals surface area contributed by atoms with Gasteiger partial charge < -0.3 is 20.1 Å². The molecule has 0 saturated heterocycles. The Balaban J connectivity index is 2.44. The van der Waals surface area contributed by atoms with Crippen molar-refractivity contribution >= 4 is 5.96 Å². The molecule has 1 aromatic carbocycles. The van der Waals surface area contributed by atoms with Gasteiger partial charge >= 0.3 is 0 Å². The standard InChI is InChI=1S/C16H27N3O2/c1-12-6-7-14(10-15(12)21-5)8-9-18-16(17-3)19-13(2)11-20-4/h6-7,10,13H,8-9,11H2,1-5H3,(H2,17,18,19). The minimum Gasteiger partial charge on any atom is -0.496 e. The molecule has 1 unspecified atom stereocenters. The van der Waals surface area contributed by atoms with Gasteiger partial charge in [0.1, 0.15) is 5.75 Å². The molecule has 1 rings (SSSR count). The molecule has 0 saturated carbocycles. The molecule has 5 nitrogen and oxygen atoms in total. The highest BCUT2D eigenvalue weighted by Gasteiger charge is 2.05. The molecule has 0 heterocycles. The normalized spacial score (nSPS) is 12.9. The molecule has 21 heavy (non-hydrogen) atoms. The fourth-order valence-electron chi connectivity index (χ4n) is 2.06. The first kappa shape index (κ1) is 17.3. The molecule has 118 valence electrons. The summed E-state index contributed by atoms with van der Waals surface area (Å²) in [5, 5.41) is 6.58. The van der Waals surface area contributed by atoms with Crippen molar-refractivity contribution in [2.24, 2.45) is 4.99 Å². The Bertz CT molecular complexity index is 461. The second-order valence-corrected chi connectivity index (χ2v) is 5.05. The highest BCUT2D eigenvalue weighted by atomic mass is 16.5. The van der Waals surface area contributed by atoms with Crippen LogP contribution in [0.1, 0.15) is 18.1 Å². The summed E-state index contributed by atoms with van der Waals surface area (Å²) in [6.07, 6.45) is 0.913. The largest absolute Gasteiger partial charge is 0.496 e. The predicted molar refractivity (Wildman–Crippen MR) is 87.3 cm³/mol. The lowest BCUT2D eigenvalue weighted by Gasteiger charge is -2.17. The predicted octanol–water partition coefficient (Wildman–Crippen LogP) is 1.75. The number of guanidine groups is 1. The molecule has 1 atom stereocenters. The highest BCUT2D eigenvalue weighted by molar-refractivity contribution is 5.79. The van der Waals surface area contributed by atoms with E-state index in [0.29, 0.717) is 6.61 Å². The molecular weight excluding hydrogens is 266 g/mol. The van der Waals surface area contributed by atoms with Crippen LogP contribution in [0.4, 0.5) is 0 Å². The first-order chi connectivity index (χ1) is 10.1. The van der Waals surface area contributed by atoms with E-state index in [0.717, 1.165) is 30.2 Å². The van der Waals surface area contributed by atoms with E-state index in [1.807, 2.05) is 6.92 Å². The van der Waals surface area contributed by atoms with E-state index in [-0.39, 0.29) is 6.04 Å². The topological polar surface area (TPSA) is 54.9 Å². The molecule has 5 heteroatoms. The van der Waals surface area contributed by atoms with Crippen molar-refractivity contribution in [1.82, 2.24) is 10.6 Å². The van der Waals surface area contributed by atoms with Gasteiger partial charge in [-0.1, -0.05) is 12.1 Å². The van der Waals surface area contributed by atoms with Crippen LogP contribution >= 0.6 is 0 Å². The van der Waals surface area contributed by atoms with Crippen LogP contribution in [0.25, 0.3) is 0 Å². The monoisotopic (exact) mass is 293 g/mol. The maximum atomic E-state index is 5.34. The summed E-state index contributed by atoms with van der Waals surface area (Å²) < 4.78 is 10.4. The van der Waals surface area contributed by atoms with E-state index in [1.165, 1.54) is 5.56 Å². The quantitative estimate of drug-likeness (QED) is 0.594. The highest BCUT2D eigenvalue weighted by Crippen LogP contribution is 2.18. The van der Waals surface area contributed by atoms with Gasteiger partial charge in [0.25, 0.3) is 0 Å². The zero-order valence-electron chi connectivity index (χ0n) is 13.7. The molecular formula is C16H27N3O2. The van der Waals surface area contributed by atoms with Crippen molar-refractivity contribution in [2.45, 2.75) is 26.3 Å². The van der Waals surface area contributed by atoms with E-state index < -0.39 is 0 Å². The minimum atomic E-state index is 0.223. The number of aryl methyl sites for hydroxylation is 1. The zero-order chi connectivity index (χ0) is 15.7. The van der Waals surface area contributed by atoms with Crippen LogP contribution in [-0.2, 0) is 11.2 Å². The van der Waals surface area contributed by atoms with Gasteiger partial charge in [0.15, 0.2) is 5.96 Å². The molecule has 0 aromatic heterocycles. The van der Waals surface area contributed by atoms with Gasteiger partial charge in [-0.25, -0.2) is 0 Å². The Morgan fingerprint density at radius 1 is 1.33 bits per heavy atom. The number of aliphatic imine (C=N–C) groups is 1. The number of rotatable bonds is 7. The number of ether oxygens (including phenoxy) is 2. The summed E-state index contributed by atoms with van der Waals surface area (Å²) in [4.78, 5) is 4.20. The summed E-state index contributed by atoms with van der Waals surface area (Å²) in [6.45, 7) is 5.56. The zero-order valence-corrected chi connectivity index (χ0v) is 13.7. The van der Waals surface area contributed by atoms with E-state index >= 15 is 0 Å². The van der Waals surface area contributed by atoms with Gasteiger partial charge in [-0.15, -0.1) is 0 Å². The fraction of sp³-hybridized carbons (Fsp3) is 0.562. The van der Waals surface area contributed by atoms with Crippen LogP contribution in [0.2, 0.25) is 0 Å². The molecule has 2 N–H and O–H groups in total. The molecule has 0 aliphatic carbocycles. The van der Waals surface area contributed by atoms with Crippen LogP contribution < -0.4 is 15.4 Å². The third-order valence-corrected chi connectivity index (χ3v) is 3.20. The van der Waals surface area contributed by atoms with Crippen molar-refractivity contribution in [3.63, 3.8) is 0 Å². The number of methoxy groups -OCH3 is 2. The number of nitrogens with zero attached hydrogens (tertiary/aromatic N) is 1. The minimum absolute atomic E-state index is 0.223. The Morgan fingerprint density at radius 3 is 2.71 bits per heavy atom. The lowest BCUT2D eigenvalue weighted by molar-refractivity contribution is 0.179. The Morgan fingerprint density at radius 2 is 2.10 bits per heavy atom. The third-order valence-electron chi connectivity index (χ3n) is 3.20. The van der Waals surface area contributed by atoms with E-state index in [9.17, 15) is 0 Å². The molecule has 0 radical (unpaired) electrons. The second kappa shape index (κ2) is 9.23. The summed E-state index contributed by atoms with van der Waals surface area (Å²) in [7, 11) is 5.16. The van der Waals surface area contributed by atoms with Crippen molar-refractivity contribution in [2.75, 3.05) is 34.4 Å². The second-order valence-electron chi connectivity index (χ2n) is 5.05. The maximum absolute atomic E-state index is 5.34. The van der Waals surface area contributed by atoms with Gasteiger partial charge in [0.05, 0.1) is 13.7 Å². The lowest BCUT2D eigenvalue weighted by atomic mass is 10.1. The third kappa shape index (κ3) is 6.04. The van der Waals surface area contributed by atoms with Crippen LogP contribution in [0.3, 0.4) is 0 Å². The lowest BCUT2D eigenvalue weighted by Crippen LogP contribution is -2.44. The van der Waals surface area contributed by atoms with Gasteiger partial charge in [-0.3, -0.25) is 4.99 Å². The van der Waals surface area contributed by atoms with Crippen molar-refractivity contribution < 1.29 is 9.47 Å². The number of hydrogen-bond donors (Lipinski definition) is 2. The Labute approximate surface area is 127 Å². The van der Waals surface area contributed by atoms with Gasteiger partial charge in [-0.05, 0) is 37.5 Å². The van der Waals surface area contributed by atoms with Crippen molar-refractivity contribution in [3.05, 3.63) is 29.3 Å². The maximum Gasteiger partial charge on any atom is 0.191 e. The molecule has 0 aliphatic rings. The van der Waals surface area contributed by atoms with Gasteiger partial charge in [-0.2, -0.15) is 0 Å². The number of hydrogen-bond acceptors (Lipinski definition) is 3. The van der Waals surface area contributed by atoms with E-state index in [1.54, 1.807) is 21.3 Å². The Kier molecular flexibility index (Phi) is 7.61. The number of benzene rings is 1. The fourth-order valence-corrected chi connectivity index (χ4v) is 2.06. The summed E-state index contributed by atoms with van der Waals surface area (Å²) in [6, 6.07) is 6.52. The molecule has 0 spiro atoms. The summed E-state index contributed by atoms with van der Waals surface area (Å²) in [5.74, 6) is 1.72. The smallest absolute Gasteiger partial charge is 0.191 e. The van der Waals surface area contributed by atoms with Crippen LogP contribution in [-0.4, -0.2) is 46.4 Å². The molecule has 0 aliphatic heterocycles. The molecule has 0 amide bonds. The van der Waals surface area contributed by atoms with Crippen molar-refractivity contribution in [1.29, 1.82) is 0 Å². The Hall–Kier alpha value is -1.75. The molecule has 1 aromatic rings. The first-order valence-corrected chi connectivity index (χ1v) is 7.20. The average molecular weight is 293 g/mol. The molecule has 0 bridgehead atoms. The van der Waals surface area contributed by atoms with E-state index in [2.05, 4.69) is 40.7 Å². The molecule has 0 fully saturated rings. The van der Waals surface area contributed by atoms with E-state index in [4.69, 9.17) is 9.47 Å².